The summed E-state index contributed by atoms with van der Waals surface area (Å²) in [5.41, 5.74) is 1.38. The molecule has 1 N–H and O–H groups in total. The van der Waals surface area contributed by atoms with Crippen LogP contribution in [-0.2, 0) is 34.5 Å². The molecule has 0 aromatic heterocycles. The standard InChI is InChI=1S/C24H19F3O4S/c25-24(26,27)19-10-8-16(9-11-19)14-31-22(28)13-17-4-3-6-20(12-17)32-15-18-5-1-2-7-21(18)23(29)30/h1-12H,13-15H2,(H,29,30). The Balaban J connectivity index is 1.54. The summed E-state index contributed by atoms with van der Waals surface area (Å²) in [6, 6.07) is 18.5. The van der Waals surface area contributed by atoms with Crippen molar-refractivity contribution in [3.05, 3.63) is 101 Å². The molecule has 0 aliphatic rings. The fraction of sp³-hybridized carbons (Fsp3) is 0.167. The molecule has 0 spiro atoms. The molecule has 4 nitrogen and oxygen atoms in total. The minimum atomic E-state index is -4.41. The van der Waals surface area contributed by atoms with Gasteiger partial charge in [0.25, 0.3) is 0 Å². The molecule has 0 aliphatic heterocycles. The van der Waals surface area contributed by atoms with Crippen molar-refractivity contribution in [3.63, 3.8) is 0 Å². The number of hydrogen-bond donors (Lipinski definition) is 1. The summed E-state index contributed by atoms with van der Waals surface area (Å²) in [6.07, 6.45) is -4.39. The number of alkyl halides is 3. The van der Waals surface area contributed by atoms with E-state index in [0.717, 1.165) is 22.6 Å². The van der Waals surface area contributed by atoms with Crippen LogP contribution in [-0.4, -0.2) is 17.0 Å². The highest BCUT2D eigenvalue weighted by Gasteiger charge is 2.29. The van der Waals surface area contributed by atoms with Crippen molar-refractivity contribution in [2.75, 3.05) is 0 Å². The van der Waals surface area contributed by atoms with Gasteiger partial charge in [-0.3, -0.25) is 4.79 Å². The molecular weight excluding hydrogens is 441 g/mol. The Hall–Kier alpha value is -3.26. The third kappa shape index (κ3) is 6.62. The molecule has 0 atom stereocenters. The van der Waals surface area contributed by atoms with Gasteiger partial charge in [-0.25, -0.2) is 4.79 Å². The monoisotopic (exact) mass is 460 g/mol. The smallest absolute Gasteiger partial charge is 0.416 e. The number of ether oxygens (including phenoxy) is 1. The Kier molecular flexibility index (Phi) is 7.58. The van der Waals surface area contributed by atoms with Crippen LogP contribution >= 0.6 is 11.8 Å². The van der Waals surface area contributed by atoms with Gasteiger partial charge < -0.3 is 9.84 Å². The van der Waals surface area contributed by atoms with Crippen molar-refractivity contribution in [1.29, 1.82) is 0 Å². The van der Waals surface area contributed by atoms with Gasteiger partial charge >= 0.3 is 18.1 Å². The number of carbonyl (C=O) groups is 2. The van der Waals surface area contributed by atoms with E-state index in [2.05, 4.69) is 0 Å². The van der Waals surface area contributed by atoms with Gasteiger partial charge in [0.15, 0.2) is 0 Å². The van der Waals surface area contributed by atoms with Crippen LogP contribution in [0.5, 0.6) is 0 Å². The maximum atomic E-state index is 12.6. The van der Waals surface area contributed by atoms with Crippen molar-refractivity contribution in [1.82, 2.24) is 0 Å². The molecule has 0 saturated heterocycles. The van der Waals surface area contributed by atoms with Gasteiger partial charge in [-0.2, -0.15) is 13.2 Å². The highest BCUT2D eigenvalue weighted by Crippen LogP contribution is 2.29. The van der Waals surface area contributed by atoms with Crippen molar-refractivity contribution >= 4 is 23.7 Å². The van der Waals surface area contributed by atoms with Crippen LogP contribution < -0.4 is 0 Å². The van der Waals surface area contributed by atoms with Gasteiger partial charge in [0, 0.05) is 10.6 Å². The average molecular weight is 460 g/mol. The maximum Gasteiger partial charge on any atom is 0.416 e. The zero-order valence-electron chi connectivity index (χ0n) is 16.8. The zero-order valence-corrected chi connectivity index (χ0v) is 17.6. The Labute approximate surface area is 187 Å². The molecule has 0 aliphatic carbocycles. The Morgan fingerprint density at radius 3 is 2.31 bits per heavy atom. The molecule has 0 heterocycles. The Morgan fingerprint density at radius 1 is 0.906 bits per heavy atom. The Morgan fingerprint density at radius 2 is 1.62 bits per heavy atom. The summed E-state index contributed by atoms with van der Waals surface area (Å²) in [5, 5.41) is 9.28. The minimum absolute atomic E-state index is 0.0146. The highest BCUT2D eigenvalue weighted by molar-refractivity contribution is 7.98. The van der Waals surface area contributed by atoms with E-state index >= 15 is 0 Å². The van der Waals surface area contributed by atoms with Crippen molar-refractivity contribution in [2.45, 2.75) is 29.9 Å². The van der Waals surface area contributed by atoms with Gasteiger partial charge in [-0.05, 0) is 47.0 Å². The first-order valence-corrected chi connectivity index (χ1v) is 10.6. The summed E-state index contributed by atoms with van der Waals surface area (Å²) in [4.78, 5) is 24.3. The lowest BCUT2D eigenvalue weighted by Gasteiger charge is -2.09. The second-order valence-electron chi connectivity index (χ2n) is 6.93. The van der Waals surface area contributed by atoms with E-state index in [1.54, 1.807) is 36.4 Å². The van der Waals surface area contributed by atoms with Crippen LogP contribution in [0.15, 0.2) is 77.7 Å². The molecule has 0 amide bonds. The van der Waals surface area contributed by atoms with Crippen LogP contribution in [0.2, 0.25) is 0 Å². The Bertz CT molecular complexity index is 1090. The molecule has 0 radical (unpaired) electrons. The van der Waals surface area contributed by atoms with Crippen molar-refractivity contribution < 1.29 is 32.6 Å². The SMILES string of the molecule is O=C(Cc1cccc(SCc2ccccc2C(=O)O)c1)OCc1ccc(C(F)(F)F)cc1. The van der Waals surface area contributed by atoms with E-state index in [4.69, 9.17) is 4.74 Å². The normalized spacial score (nSPS) is 11.2. The quantitative estimate of drug-likeness (QED) is 0.331. The number of halogens is 3. The van der Waals surface area contributed by atoms with Crippen LogP contribution in [0.4, 0.5) is 13.2 Å². The third-order valence-electron chi connectivity index (χ3n) is 4.57. The number of aromatic carboxylic acids is 1. The molecule has 3 aromatic rings. The first-order chi connectivity index (χ1) is 15.2. The number of esters is 1. The molecular formula is C24H19F3O4S. The molecule has 3 aromatic carbocycles. The van der Waals surface area contributed by atoms with Crippen molar-refractivity contribution in [3.8, 4) is 0 Å². The lowest BCUT2D eigenvalue weighted by molar-refractivity contribution is -0.144. The molecule has 0 saturated carbocycles. The van der Waals surface area contributed by atoms with Crippen LogP contribution in [0.3, 0.4) is 0 Å². The number of carboxylic acid groups (broad SMARTS) is 1. The number of thioether (sulfide) groups is 1. The van der Waals surface area contributed by atoms with Gasteiger partial charge in [0.1, 0.15) is 6.61 Å². The van der Waals surface area contributed by atoms with E-state index < -0.39 is 23.7 Å². The lowest BCUT2D eigenvalue weighted by atomic mass is 10.1. The lowest BCUT2D eigenvalue weighted by Crippen LogP contribution is -2.09. The first kappa shape index (κ1) is 23.4. The van der Waals surface area contributed by atoms with E-state index in [1.807, 2.05) is 12.1 Å². The van der Waals surface area contributed by atoms with Gasteiger partial charge in [-0.15, -0.1) is 11.8 Å². The second kappa shape index (κ2) is 10.4. The second-order valence-corrected chi connectivity index (χ2v) is 7.98. The first-order valence-electron chi connectivity index (χ1n) is 9.57. The predicted molar refractivity (Wildman–Crippen MR) is 114 cm³/mol. The zero-order chi connectivity index (χ0) is 23.1. The van der Waals surface area contributed by atoms with E-state index in [0.29, 0.717) is 16.9 Å². The fourth-order valence-corrected chi connectivity index (χ4v) is 3.92. The molecule has 166 valence electrons. The number of rotatable bonds is 8. The number of hydrogen-bond acceptors (Lipinski definition) is 4. The largest absolute Gasteiger partial charge is 0.478 e. The van der Waals surface area contributed by atoms with Crippen LogP contribution in [0, 0.1) is 0 Å². The number of benzene rings is 3. The minimum Gasteiger partial charge on any atom is -0.478 e. The maximum absolute atomic E-state index is 12.6. The van der Waals surface area contributed by atoms with Gasteiger partial charge in [0.2, 0.25) is 0 Å². The summed E-state index contributed by atoms with van der Waals surface area (Å²) in [5.74, 6) is -1.02. The average Bonchev–Trinajstić information content (AvgIpc) is 2.76. The van der Waals surface area contributed by atoms with E-state index in [-0.39, 0.29) is 18.6 Å². The molecule has 0 unspecified atom stereocenters. The molecule has 3 rings (SSSR count). The van der Waals surface area contributed by atoms with Crippen LogP contribution in [0.1, 0.15) is 32.6 Å². The predicted octanol–water partition coefficient (Wildman–Crippen LogP) is 5.98. The van der Waals surface area contributed by atoms with Gasteiger partial charge in [-0.1, -0.05) is 42.5 Å². The summed E-state index contributed by atoms with van der Waals surface area (Å²) < 4.78 is 43.0. The summed E-state index contributed by atoms with van der Waals surface area (Å²) >= 11 is 1.45. The van der Waals surface area contributed by atoms with E-state index in [9.17, 15) is 27.9 Å². The molecule has 32 heavy (non-hydrogen) atoms. The summed E-state index contributed by atoms with van der Waals surface area (Å²) in [7, 11) is 0. The van der Waals surface area contributed by atoms with Crippen LogP contribution in [0.25, 0.3) is 0 Å². The number of carbonyl (C=O) groups excluding carboxylic acids is 1. The fourth-order valence-electron chi connectivity index (χ4n) is 2.93. The van der Waals surface area contributed by atoms with E-state index in [1.165, 1.54) is 23.9 Å². The van der Waals surface area contributed by atoms with Gasteiger partial charge in [0.05, 0.1) is 17.5 Å². The third-order valence-corrected chi connectivity index (χ3v) is 5.61. The number of carboxylic acids is 1. The molecule has 0 fully saturated rings. The summed E-state index contributed by atoms with van der Waals surface area (Å²) in [6.45, 7) is -0.114. The topological polar surface area (TPSA) is 63.6 Å². The van der Waals surface area contributed by atoms with Crippen molar-refractivity contribution in [2.24, 2.45) is 0 Å². The molecule has 8 heteroatoms. The highest BCUT2D eigenvalue weighted by atomic mass is 32.2. The molecule has 0 bridgehead atoms.